The summed E-state index contributed by atoms with van der Waals surface area (Å²) in [6.45, 7) is 0.888. The molecule has 6 nitrogen and oxygen atoms in total. The maximum absolute atomic E-state index is 12.1. The molecule has 3 N–H and O–H groups in total. The Kier molecular flexibility index (Phi) is 3.88. The normalized spacial score (nSPS) is 15.6. The van der Waals surface area contributed by atoms with Crippen molar-refractivity contribution in [2.24, 2.45) is 0 Å². The van der Waals surface area contributed by atoms with Crippen LogP contribution in [0.3, 0.4) is 0 Å². The van der Waals surface area contributed by atoms with Gasteiger partial charge in [0, 0.05) is 29.9 Å². The molecule has 2 aromatic rings. The van der Waals surface area contributed by atoms with Gasteiger partial charge in [-0.05, 0) is 18.9 Å². The number of hydrogen-bond donors (Lipinski definition) is 3. The lowest BCUT2D eigenvalue weighted by Gasteiger charge is -2.02. The van der Waals surface area contributed by atoms with Crippen LogP contribution in [0.25, 0.3) is 0 Å². The van der Waals surface area contributed by atoms with E-state index < -0.39 is 10.0 Å². The molecule has 0 spiro atoms. The van der Waals surface area contributed by atoms with E-state index in [1.807, 2.05) is 5.38 Å². The van der Waals surface area contributed by atoms with Crippen LogP contribution in [0, 0.1) is 0 Å². The van der Waals surface area contributed by atoms with Crippen molar-refractivity contribution < 1.29 is 8.42 Å². The molecule has 0 radical (unpaired) electrons. The van der Waals surface area contributed by atoms with Crippen molar-refractivity contribution in [1.29, 1.82) is 0 Å². The highest BCUT2D eigenvalue weighted by molar-refractivity contribution is 7.89. The summed E-state index contributed by atoms with van der Waals surface area (Å²) in [7, 11) is -3.48. The summed E-state index contributed by atoms with van der Waals surface area (Å²) < 4.78 is 26.8. The Morgan fingerprint density at radius 2 is 2.25 bits per heavy atom. The number of hydrogen-bond acceptors (Lipinski definition) is 5. The molecule has 1 aliphatic rings. The van der Waals surface area contributed by atoms with Gasteiger partial charge in [-0.25, -0.2) is 18.1 Å². The van der Waals surface area contributed by atoms with E-state index in [0.717, 1.165) is 11.4 Å². The van der Waals surface area contributed by atoms with Crippen LogP contribution in [0.15, 0.2) is 28.0 Å². The molecule has 8 heteroatoms. The highest BCUT2D eigenvalue weighted by Crippen LogP contribution is 2.19. The fourth-order valence-corrected chi connectivity index (χ4v) is 3.37. The highest BCUT2D eigenvalue weighted by Gasteiger charge is 2.21. The molecule has 0 unspecified atom stereocenters. The van der Waals surface area contributed by atoms with Gasteiger partial charge >= 0.3 is 0 Å². The van der Waals surface area contributed by atoms with Crippen molar-refractivity contribution in [1.82, 2.24) is 20.0 Å². The summed E-state index contributed by atoms with van der Waals surface area (Å²) in [4.78, 5) is 7.30. The van der Waals surface area contributed by atoms with Gasteiger partial charge in [0.1, 0.15) is 0 Å². The van der Waals surface area contributed by atoms with Gasteiger partial charge in [-0.1, -0.05) is 0 Å². The van der Waals surface area contributed by atoms with Crippen LogP contribution in [0.1, 0.15) is 24.2 Å². The molecule has 0 aromatic carbocycles. The second-order valence-electron chi connectivity index (χ2n) is 4.82. The van der Waals surface area contributed by atoms with E-state index >= 15 is 0 Å². The fourth-order valence-electron chi connectivity index (χ4n) is 1.79. The Morgan fingerprint density at radius 3 is 2.95 bits per heavy atom. The van der Waals surface area contributed by atoms with Gasteiger partial charge in [-0.3, -0.25) is 0 Å². The summed E-state index contributed by atoms with van der Waals surface area (Å²) in [5, 5.41) is 5.16. The maximum Gasteiger partial charge on any atom is 0.242 e. The first-order chi connectivity index (χ1) is 9.63. The lowest BCUT2D eigenvalue weighted by atomic mass is 10.4. The molecule has 1 saturated carbocycles. The van der Waals surface area contributed by atoms with Crippen molar-refractivity contribution in [3.05, 3.63) is 34.5 Å². The zero-order valence-electron chi connectivity index (χ0n) is 10.8. The molecule has 20 heavy (non-hydrogen) atoms. The first kappa shape index (κ1) is 13.7. The SMILES string of the molecule is O=S(=O)(NCc1cscn1)c1c[nH]c(CNC2CC2)c1. The second-order valence-corrected chi connectivity index (χ2v) is 7.31. The number of nitrogens with one attached hydrogen (secondary N) is 3. The number of aromatic nitrogens is 2. The van der Waals surface area contributed by atoms with Crippen molar-refractivity contribution in [3.63, 3.8) is 0 Å². The van der Waals surface area contributed by atoms with E-state index in [1.165, 1.54) is 30.4 Å². The molecular weight excluding hydrogens is 296 g/mol. The molecule has 1 aliphatic carbocycles. The largest absolute Gasteiger partial charge is 0.363 e. The fraction of sp³-hybridized carbons (Fsp3) is 0.417. The molecule has 2 aromatic heterocycles. The summed E-state index contributed by atoms with van der Waals surface area (Å²) in [6.07, 6.45) is 3.94. The monoisotopic (exact) mass is 312 g/mol. The summed E-state index contributed by atoms with van der Waals surface area (Å²) in [5.74, 6) is 0. The minimum Gasteiger partial charge on any atom is -0.363 e. The quantitative estimate of drug-likeness (QED) is 0.717. The molecule has 0 amide bonds. The summed E-state index contributed by atoms with van der Waals surface area (Å²) in [6, 6.07) is 2.26. The Labute approximate surface area is 121 Å². The lowest BCUT2D eigenvalue weighted by Crippen LogP contribution is -2.23. The number of H-pyrrole nitrogens is 1. The average molecular weight is 312 g/mol. The third-order valence-electron chi connectivity index (χ3n) is 3.11. The van der Waals surface area contributed by atoms with Gasteiger partial charge in [-0.2, -0.15) is 0 Å². The number of rotatable bonds is 7. The van der Waals surface area contributed by atoms with E-state index in [-0.39, 0.29) is 11.4 Å². The third kappa shape index (κ3) is 3.45. The van der Waals surface area contributed by atoms with Crippen LogP contribution >= 0.6 is 11.3 Å². The van der Waals surface area contributed by atoms with Crippen LogP contribution in [0.4, 0.5) is 0 Å². The number of aromatic amines is 1. The predicted molar refractivity (Wildman–Crippen MR) is 76.8 cm³/mol. The van der Waals surface area contributed by atoms with E-state index in [9.17, 15) is 8.42 Å². The Bertz CT molecular complexity index is 659. The van der Waals surface area contributed by atoms with E-state index in [2.05, 4.69) is 20.0 Å². The van der Waals surface area contributed by atoms with E-state index in [4.69, 9.17) is 0 Å². The first-order valence-electron chi connectivity index (χ1n) is 6.41. The Hall–Kier alpha value is -1.22. The standard InChI is InChI=1S/C12H16N4O2S2/c17-20(18,16-5-11-7-19-8-15-11)12-3-10(14-6-12)4-13-9-1-2-9/h3,6-9,13-14,16H,1-2,4-5H2. The molecule has 3 rings (SSSR count). The van der Waals surface area contributed by atoms with Crippen LogP contribution < -0.4 is 10.0 Å². The zero-order chi connectivity index (χ0) is 14.0. The molecule has 0 aliphatic heterocycles. The Balaban J connectivity index is 1.61. The van der Waals surface area contributed by atoms with Crippen molar-refractivity contribution >= 4 is 21.4 Å². The first-order valence-corrected chi connectivity index (χ1v) is 8.83. The predicted octanol–water partition coefficient (Wildman–Crippen LogP) is 1.20. The average Bonchev–Trinajstić information content (AvgIpc) is 2.94. The molecule has 0 saturated heterocycles. The summed E-state index contributed by atoms with van der Waals surface area (Å²) in [5.41, 5.74) is 3.29. The smallest absolute Gasteiger partial charge is 0.242 e. The van der Waals surface area contributed by atoms with Crippen molar-refractivity contribution in [3.8, 4) is 0 Å². The van der Waals surface area contributed by atoms with Gasteiger partial charge in [0.2, 0.25) is 10.0 Å². The molecule has 1 fully saturated rings. The van der Waals surface area contributed by atoms with Gasteiger partial charge in [0.25, 0.3) is 0 Å². The van der Waals surface area contributed by atoms with Crippen LogP contribution in [-0.4, -0.2) is 24.4 Å². The maximum atomic E-state index is 12.1. The number of thiazole rings is 1. The van der Waals surface area contributed by atoms with Gasteiger partial charge in [-0.15, -0.1) is 11.3 Å². The Morgan fingerprint density at radius 1 is 1.40 bits per heavy atom. The van der Waals surface area contributed by atoms with Crippen molar-refractivity contribution in [2.45, 2.75) is 36.9 Å². The second kappa shape index (κ2) is 5.65. The van der Waals surface area contributed by atoms with Gasteiger partial charge < -0.3 is 10.3 Å². The molecule has 108 valence electrons. The minimum absolute atomic E-state index is 0.215. The summed E-state index contributed by atoms with van der Waals surface area (Å²) >= 11 is 1.44. The lowest BCUT2D eigenvalue weighted by molar-refractivity contribution is 0.580. The molecule has 0 bridgehead atoms. The van der Waals surface area contributed by atoms with E-state index in [0.29, 0.717) is 12.6 Å². The van der Waals surface area contributed by atoms with Crippen LogP contribution in [0.5, 0.6) is 0 Å². The highest BCUT2D eigenvalue weighted by atomic mass is 32.2. The van der Waals surface area contributed by atoms with Gasteiger partial charge in [0.15, 0.2) is 0 Å². The molecular formula is C12H16N4O2S2. The number of nitrogens with zero attached hydrogens (tertiary/aromatic N) is 1. The zero-order valence-corrected chi connectivity index (χ0v) is 12.4. The topological polar surface area (TPSA) is 86.9 Å². The van der Waals surface area contributed by atoms with Crippen LogP contribution in [0.2, 0.25) is 0 Å². The molecule has 0 atom stereocenters. The van der Waals surface area contributed by atoms with E-state index in [1.54, 1.807) is 11.6 Å². The van der Waals surface area contributed by atoms with Crippen LogP contribution in [-0.2, 0) is 23.1 Å². The minimum atomic E-state index is -3.48. The van der Waals surface area contributed by atoms with Gasteiger partial charge in [0.05, 0.1) is 22.6 Å². The third-order valence-corrected chi connectivity index (χ3v) is 5.13. The molecule has 2 heterocycles. The van der Waals surface area contributed by atoms with Crippen molar-refractivity contribution in [2.75, 3.05) is 0 Å². The number of sulfonamides is 1.